The Morgan fingerprint density at radius 2 is 2.00 bits per heavy atom. The van der Waals surface area contributed by atoms with Gasteiger partial charge in [-0.2, -0.15) is 0 Å². The molecule has 1 aromatic carbocycles. The summed E-state index contributed by atoms with van der Waals surface area (Å²) in [5.74, 6) is 0.642. The number of aromatic nitrogens is 2. The summed E-state index contributed by atoms with van der Waals surface area (Å²) in [5, 5.41) is 4.22. The van der Waals surface area contributed by atoms with Gasteiger partial charge < -0.3 is 10.5 Å². The van der Waals surface area contributed by atoms with Gasteiger partial charge in [0.1, 0.15) is 0 Å². The Hall–Kier alpha value is -1.81. The molecule has 0 aliphatic carbocycles. The fourth-order valence-corrected chi connectivity index (χ4v) is 1.64. The highest BCUT2D eigenvalue weighted by atomic mass is 16.5. The lowest BCUT2D eigenvalue weighted by Crippen LogP contribution is -1.95. The fraction of sp³-hybridized carbons (Fsp3) is 0.250. The summed E-state index contributed by atoms with van der Waals surface area (Å²) in [6.45, 7) is 0.560. The summed E-state index contributed by atoms with van der Waals surface area (Å²) in [7, 11) is 3.50. The van der Waals surface area contributed by atoms with E-state index >= 15 is 0 Å². The zero-order valence-corrected chi connectivity index (χ0v) is 9.47. The van der Waals surface area contributed by atoms with Gasteiger partial charge in [-0.3, -0.25) is 4.68 Å². The predicted octanol–water partition coefficient (Wildman–Crippen LogP) is 1.55. The van der Waals surface area contributed by atoms with Crippen LogP contribution >= 0.6 is 0 Å². The zero-order valence-electron chi connectivity index (χ0n) is 9.47. The monoisotopic (exact) mass is 217 g/mol. The molecule has 0 bridgehead atoms. The van der Waals surface area contributed by atoms with Crippen molar-refractivity contribution in [2.75, 3.05) is 7.11 Å². The molecule has 4 heteroatoms. The normalized spacial score (nSPS) is 10.4. The van der Waals surface area contributed by atoms with E-state index in [0.29, 0.717) is 12.4 Å². The molecule has 1 aromatic heterocycles. The SMILES string of the molecule is COc1nn(C)cc1-c1ccc(CN)cc1. The molecule has 2 N–H and O–H groups in total. The van der Waals surface area contributed by atoms with Crippen molar-refractivity contribution < 1.29 is 4.74 Å². The zero-order chi connectivity index (χ0) is 11.5. The van der Waals surface area contributed by atoms with Crippen LogP contribution in [0.4, 0.5) is 0 Å². The minimum atomic E-state index is 0.560. The molecule has 0 saturated carbocycles. The van der Waals surface area contributed by atoms with E-state index in [9.17, 15) is 0 Å². The van der Waals surface area contributed by atoms with E-state index < -0.39 is 0 Å². The van der Waals surface area contributed by atoms with Gasteiger partial charge in [-0.1, -0.05) is 24.3 Å². The minimum Gasteiger partial charge on any atom is -0.479 e. The van der Waals surface area contributed by atoms with Gasteiger partial charge in [0, 0.05) is 19.8 Å². The van der Waals surface area contributed by atoms with Crippen LogP contribution in [0.5, 0.6) is 5.88 Å². The van der Waals surface area contributed by atoms with Crippen molar-refractivity contribution in [1.82, 2.24) is 9.78 Å². The van der Waals surface area contributed by atoms with Crippen molar-refractivity contribution in [2.45, 2.75) is 6.54 Å². The van der Waals surface area contributed by atoms with Crippen LogP contribution in [0.1, 0.15) is 5.56 Å². The standard InChI is InChI=1S/C12H15N3O/c1-15-8-11(12(14-15)16-2)10-5-3-9(7-13)4-6-10/h3-6,8H,7,13H2,1-2H3. The largest absolute Gasteiger partial charge is 0.479 e. The molecule has 1 heterocycles. The summed E-state index contributed by atoms with van der Waals surface area (Å²) in [6.07, 6.45) is 1.94. The first-order valence-electron chi connectivity index (χ1n) is 5.11. The highest BCUT2D eigenvalue weighted by Crippen LogP contribution is 2.28. The Morgan fingerprint density at radius 1 is 1.31 bits per heavy atom. The molecule has 4 nitrogen and oxygen atoms in total. The van der Waals surface area contributed by atoms with Crippen molar-refractivity contribution in [1.29, 1.82) is 0 Å². The molecule has 0 aliphatic heterocycles. The third-order valence-corrected chi connectivity index (χ3v) is 2.49. The Kier molecular flexibility index (Phi) is 2.92. The van der Waals surface area contributed by atoms with E-state index in [2.05, 4.69) is 5.10 Å². The molecular formula is C12H15N3O. The van der Waals surface area contributed by atoms with Gasteiger partial charge >= 0.3 is 0 Å². The van der Waals surface area contributed by atoms with Gasteiger partial charge in [-0.05, 0) is 11.1 Å². The first-order chi connectivity index (χ1) is 7.74. The van der Waals surface area contributed by atoms with Crippen molar-refractivity contribution >= 4 is 0 Å². The summed E-state index contributed by atoms with van der Waals surface area (Å²) in [4.78, 5) is 0. The summed E-state index contributed by atoms with van der Waals surface area (Å²) in [6, 6.07) is 8.09. The minimum absolute atomic E-state index is 0.560. The molecule has 0 radical (unpaired) electrons. The Balaban J connectivity index is 2.41. The van der Waals surface area contributed by atoms with Gasteiger partial charge in [0.15, 0.2) is 0 Å². The van der Waals surface area contributed by atoms with Gasteiger partial charge in [-0.25, -0.2) is 0 Å². The van der Waals surface area contributed by atoms with Crippen LogP contribution in [0.2, 0.25) is 0 Å². The average molecular weight is 217 g/mol. The number of methoxy groups -OCH3 is 1. The van der Waals surface area contributed by atoms with Crippen molar-refractivity contribution in [3.8, 4) is 17.0 Å². The second-order valence-corrected chi connectivity index (χ2v) is 3.63. The fourth-order valence-electron chi connectivity index (χ4n) is 1.64. The first kappa shape index (κ1) is 10.7. The van der Waals surface area contributed by atoms with Gasteiger partial charge in [0.25, 0.3) is 0 Å². The van der Waals surface area contributed by atoms with E-state index in [-0.39, 0.29) is 0 Å². The smallest absolute Gasteiger partial charge is 0.240 e. The number of nitrogens with zero attached hydrogens (tertiary/aromatic N) is 2. The quantitative estimate of drug-likeness (QED) is 0.848. The molecule has 0 saturated heterocycles. The average Bonchev–Trinajstić information content (AvgIpc) is 2.70. The molecule has 16 heavy (non-hydrogen) atoms. The maximum absolute atomic E-state index is 5.56. The summed E-state index contributed by atoms with van der Waals surface area (Å²) >= 11 is 0. The number of hydrogen-bond acceptors (Lipinski definition) is 3. The van der Waals surface area contributed by atoms with Gasteiger partial charge in [0.05, 0.1) is 12.7 Å². The molecule has 0 unspecified atom stereocenters. The number of ether oxygens (including phenoxy) is 1. The number of nitrogens with two attached hydrogens (primary N) is 1. The molecular weight excluding hydrogens is 202 g/mol. The lowest BCUT2D eigenvalue weighted by molar-refractivity contribution is 0.393. The van der Waals surface area contributed by atoms with E-state index in [0.717, 1.165) is 16.7 Å². The lowest BCUT2D eigenvalue weighted by Gasteiger charge is -2.02. The second kappa shape index (κ2) is 4.37. The number of benzene rings is 1. The molecule has 2 rings (SSSR count). The number of rotatable bonds is 3. The molecule has 0 spiro atoms. The third kappa shape index (κ3) is 1.92. The van der Waals surface area contributed by atoms with E-state index in [1.54, 1.807) is 11.8 Å². The molecule has 84 valence electrons. The van der Waals surface area contributed by atoms with Crippen LogP contribution in [0.3, 0.4) is 0 Å². The Morgan fingerprint density at radius 3 is 2.56 bits per heavy atom. The highest BCUT2D eigenvalue weighted by molar-refractivity contribution is 5.68. The van der Waals surface area contributed by atoms with Crippen molar-refractivity contribution in [3.63, 3.8) is 0 Å². The van der Waals surface area contributed by atoms with E-state index in [4.69, 9.17) is 10.5 Å². The topological polar surface area (TPSA) is 53.1 Å². The first-order valence-corrected chi connectivity index (χ1v) is 5.11. The number of aryl methyl sites for hydroxylation is 1. The molecule has 2 aromatic rings. The van der Waals surface area contributed by atoms with Crippen molar-refractivity contribution in [2.24, 2.45) is 12.8 Å². The van der Waals surface area contributed by atoms with Crippen LogP contribution < -0.4 is 10.5 Å². The lowest BCUT2D eigenvalue weighted by atomic mass is 10.1. The highest BCUT2D eigenvalue weighted by Gasteiger charge is 2.09. The third-order valence-electron chi connectivity index (χ3n) is 2.49. The second-order valence-electron chi connectivity index (χ2n) is 3.63. The molecule has 0 amide bonds. The Bertz CT molecular complexity index is 474. The van der Waals surface area contributed by atoms with Crippen molar-refractivity contribution in [3.05, 3.63) is 36.0 Å². The molecule has 0 fully saturated rings. The Labute approximate surface area is 94.6 Å². The maximum Gasteiger partial charge on any atom is 0.240 e. The van der Waals surface area contributed by atoms with Crippen LogP contribution in [0, 0.1) is 0 Å². The number of hydrogen-bond donors (Lipinski definition) is 1. The summed E-state index contributed by atoms with van der Waals surface area (Å²) in [5.41, 5.74) is 8.75. The summed E-state index contributed by atoms with van der Waals surface area (Å²) < 4.78 is 6.96. The molecule has 0 aliphatic rings. The van der Waals surface area contributed by atoms with Crippen LogP contribution in [-0.4, -0.2) is 16.9 Å². The maximum atomic E-state index is 5.56. The van der Waals surface area contributed by atoms with Crippen LogP contribution in [0.25, 0.3) is 11.1 Å². The van der Waals surface area contributed by atoms with Gasteiger partial charge in [0.2, 0.25) is 5.88 Å². The van der Waals surface area contributed by atoms with E-state index in [1.807, 2.05) is 37.5 Å². The van der Waals surface area contributed by atoms with E-state index in [1.165, 1.54) is 0 Å². The molecule has 0 atom stereocenters. The predicted molar refractivity (Wildman–Crippen MR) is 63.1 cm³/mol. The van der Waals surface area contributed by atoms with Crippen LogP contribution in [-0.2, 0) is 13.6 Å². The van der Waals surface area contributed by atoms with Gasteiger partial charge in [-0.15, -0.1) is 5.10 Å². The van der Waals surface area contributed by atoms with Crippen LogP contribution in [0.15, 0.2) is 30.5 Å².